The quantitative estimate of drug-likeness (QED) is 0.174. The maximum absolute atomic E-state index is 13.4. The van der Waals surface area contributed by atoms with Crippen LogP contribution in [0.5, 0.6) is 5.75 Å². The third kappa shape index (κ3) is 6.73. The van der Waals surface area contributed by atoms with Crippen molar-refractivity contribution < 1.29 is 18.7 Å². The van der Waals surface area contributed by atoms with Gasteiger partial charge in [-0.2, -0.15) is 5.10 Å². The first-order valence-electron chi connectivity index (χ1n) is 9.41. The van der Waals surface area contributed by atoms with Crippen molar-refractivity contribution in [3.63, 3.8) is 0 Å². The zero-order chi connectivity index (χ0) is 23.1. The molecule has 164 valence electrons. The number of carbonyl (C=O) groups is 2. The average molecular weight is 563 g/mol. The Morgan fingerprint density at radius 3 is 2.62 bits per heavy atom. The number of hydrogen-bond donors (Lipinski definition) is 2. The van der Waals surface area contributed by atoms with Crippen molar-refractivity contribution in [2.24, 2.45) is 5.10 Å². The van der Waals surface area contributed by atoms with Crippen LogP contribution in [0.15, 0.2) is 74.7 Å². The van der Waals surface area contributed by atoms with E-state index < -0.39 is 11.8 Å². The predicted molar refractivity (Wildman–Crippen MR) is 129 cm³/mol. The van der Waals surface area contributed by atoms with Crippen LogP contribution in [-0.4, -0.2) is 24.6 Å². The van der Waals surface area contributed by atoms with Crippen molar-refractivity contribution in [2.75, 3.05) is 11.9 Å². The molecule has 6 nitrogen and oxygen atoms in total. The molecule has 9 heteroatoms. The minimum Gasteiger partial charge on any atom is -0.421 e. The van der Waals surface area contributed by atoms with Crippen molar-refractivity contribution in [1.82, 2.24) is 5.43 Å². The number of benzene rings is 3. The molecule has 0 heterocycles. The van der Waals surface area contributed by atoms with Crippen LogP contribution in [-0.2, 0) is 4.79 Å². The normalized spacial score (nSPS) is 10.8. The third-order valence-corrected chi connectivity index (χ3v) is 5.20. The molecule has 0 spiro atoms. The smallest absolute Gasteiger partial charge is 0.343 e. The summed E-state index contributed by atoms with van der Waals surface area (Å²) in [5.41, 5.74) is 4.81. The van der Waals surface area contributed by atoms with E-state index in [2.05, 4.69) is 47.7 Å². The van der Waals surface area contributed by atoms with Crippen molar-refractivity contribution in [3.05, 3.63) is 92.1 Å². The molecule has 0 bridgehead atoms. The van der Waals surface area contributed by atoms with Gasteiger partial charge in [0.1, 0.15) is 5.82 Å². The van der Waals surface area contributed by atoms with Gasteiger partial charge in [-0.3, -0.25) is 4.79 Å². The molecular formula is C23H18Br2FN3O3. The van der Waals surface area contributed by atoms with Crippen LogP contribution < -0.4 is 15.5 Å². The molecule has 3 aromatic carbocycles. The van der Waals surface area contributed by atoms with Gasteiger partial charge in [0.05, 0.1) is 22.8 Å². The van der Waals surface area contributed by atoms with Crippen molar-refractivity contribution >= 4 is 55.6 Å². The molecule has 0 aliphatic heterocycles. The molecule has 0 aliphatic carbocycles. The minimum absolute atomic E-state index is 0.0321. The van der Waals surface area contributed by atoms with Gasteiger partial charge < -0.3 is 10.1 Å². The van der Waals surface area contributed by atoms with Crippen LogP contribution in [0.2, 0.25) is 0 Å². The van der Waals surface area contributed by atoms with E-state index in [1.807, 2.05) is 31.2 Å². The summed E-state index contributed by atoms with van der Waals surface area (Å²) in [6.45, 7) is 1.99. The lowest BCUT2D eigenvalue weighted by Gasteiger charge is -2.11. The summed E-state index contributed by atoms with van der Waals surface area (Å²) in [5, 5.41) is 6.96. The van der Waals surface area contributed by atoms with E-state index in [9.17, 15) is 14.0 Å². The molecule has 0 radical (unpaired) electrons. The van der Waals surface area contributed by atoms with Crippen LogP contribution in [0.4, 0.5) is 10.1 Å². The number of nitrogens with zero attached hydrogens (tertiary/aromatic N) is 1. The summed E-state index contributed by atoms with van der Waals surface area (Å²) in [7, 11) is 0. The Hall–Kier alpha value is -3.04. The minimum atomic E-state index is -0.728. The number of hydrogen-bond acceptors (Lipinski definition) is 5. The number of aryl methyl sites for hydroxylation is 1. The van der Waals surface area contributed by atoms with Gasteiger partial charge in [-0.1, -0.05) is 34.1 Å². The molecule has 0 saturated carbocycles. The Kier molecular flexibility index (Phi) is 8.13. The van der Waals surface area contributed by atoms with Crippen molar-refractivity contribution in [3.8, 4) is 5.75 Å². The second-order valence-electron chi connectivity index (χ2n) is 6.72. The number of ether oxygens (including phenoxy) is 1. The number of rotatable bonds is 7. The molecule has 32 heavy (non-hydrogen) atoms. The maximum Gasteiger partial charge on any atom is 0.343 e. The molecule has 0 saturated heterocycles. The Morgan fingerprint density at radius 2 is 1.88 bits per heavy atom. The molecule has 0 aromatic heterocycles. The highest BCUT2D eigenvalue weighted by molar-refractivity contribution is 9.11. The van der Waals surface area contributed by atoms with Gasteiger partial charge in [0, 0.05) is 15.7 Å². The first-order chi connectivity index (χ1) is 15.3. The lowest BCUT2D eigenvalue weighted by molar-refractivity contribution is -0.119. The fraction of sp³-hybridized carbons (Fsp3) is 0.0870. The van der Waals surface area contributed by atoms with Gasteiger partial charge in [0.15, 0.2) is 5.75 Å². The molecular weight excluding hydrogens is 545 g/mol. The summed E-state index contributed by atoms with van der Waals surface area (Å²) < 4.78 is 20.1. The highest BCUT2D eigenvalue weighted by Crippen LogP contribution is 2.32. The van der Waals surface area contributed by atoms with Gasteiger partial charge in [-0.25, -0.2) is 14.6 Å². The largest absolute Gasteiger partial charge is 0.421 e. The van der Waals surface area contributed by atoms with E-state index >= 15 is 0 Å². The number of halogens is 3. The molecule has 3 aromatic rings. The number of esters is 1. The van der Waals surface area contributed by atoms with E-state index in [4.69, 9.17) is 4.74 Å². The second-order valence-corrected chi connectivity index (χ2v) is 8.49. The third-order valence-electron chi connectivity index (χ3n) is 4.16. The predicted octanol–water partition coefficient (Wildman–Crippen LogP) is 5.44. The van der Waals surface area contributed by atoms with Crippen LogP contribution in [0.3, 0.4) is 0 Å². The number of nitrogens with one attached hydrogen (secondary N) is 2. The van der Waals surface area contributed by atoms with Crippen LogP contribution in [0.25, 0.3) is 0 Å². The molecule has 1 amide bonds. The van der Waals surface area contributed by atoms with Gasteiger partial charge in [0.2, 0.25) is 0 Å². The number of carbonyl (C=O) groups excluding carboxylic acids is 2. The van der Waals surface area contributed by atoms with E-state index in [1.54, 1.807) is 12.1 Å². The average Bonchev–Trinajstić information content (AvgIpc) is 2.74. The zero-order valence-electron chi connectivity index (χ0n) is 16.9. The molecule has 0 atom stereocenters. The number of amides is 1. The molecule has 0 unspecified atom stereocenters. The Labute approximate surface area is 201 Å². The standard InChI is InChI=1S/C23H18Br2FN3O3/c1-14-4-2-7-19(8-14)27-13-21(30)29-28-12-16-9-17(24)11-20(25)22(16)32-23(31)15-5-3-6-18(26)10-15/h2-12,27H,13H2,1H3,(H,29,30)/b28-12+. The Bertz CT molecular complexity index is 1180. The maximum atomic E-state index is 13.4. The molecule has 3 rings (SSSR count). The van der Waals surface area contributed by atoms with Gasteiger partial charge >= 0.3 is 5.97 Å². The van der Waals surface area contributed by atoms with Gasteiger partial charge in [0.25, 0.3) is 5.91 Å². The molecule has 0 aliphatic rings. The number of hydrazone groups is 1. The molecule has 0 fully saturated rings. The van der Waals surface area contributed by atoms with E-state index in [1.165, 1.54) is 24.4 Å². The monoisotopic (exact) mass is 561 g/mol. The first-order valence-corrected chi connectivity index (χ1v) is 11.0. The van der Waals surface area contributed by atoms with E-state index in [-0.39, 0.29) is 23.8 Å². The fourth-order valence-electron chi connectivity index (χ4n) is 2.70. The Morgan fingerprint density at radius 1 is 1.09 bits per heavy atom. The fourth-order valence-corrected chi connectivity index (χ4v) is 4.04. The van der Waals surface area contributed by atoms with Crippen LogP contribution in [0.1, 0.15) is 21.5 Å². The van der Waals surface area contributed by atoms with Gasteiger partial charge in [-0.15, -0.1) is 0 Å². The van der Waals surface area contributed by atoms with E-state index in [0.717, 1.165) is 17.3 Å². The Balaban J connectivity index is 1.68. The summed E-state index contributed by atoms with van der Waals surface area (Å²) in [5.74, 6) is -1.44. The summed E-state index contributed by atoms with van der Waals surface area (Å²) >= 11 is 6.72. The van der Waals surface area contributed by atoms with Crippen LogP contribution >= 0.6 is 31.9 Å². The number of anilines is 1. The highest BCUT2D eigenvalue weighted by atomic mass is 79.9. The van der Waals surface area contributed by atoms with E-state index in [0.29, 0.717) is 14.5 Å². The summed E-state index contributed by atoms with van der Waals surface area (Å²) in [6, 6.07) is 16.2. The SMILES string of the molecule is Cc1cccc(NCC(=O)N/N=C/c2cc(Br)cc(Br)c2OC(=O)c2cccc(F)c2)c1. The first kappa shape index (κ1) is 23.6. The lowest BCUT2D eigenvalue weighted by Crippen LogP contribution is -2.25. The van der Waals surface area contributed by atoms with Crippen molar-refractivity contribution in [2.45, 2.75) is 6.92 Å². The topological polar surface area (TPSA) is 79.8 Å². The lowest BCUT2D eigenvalue weighted by atomic mass is 10.2. The summed E-state index contributed by atoms with van der Waals surface area (Å²) in [4.78, 5) is 24.5. The van der Waals surface area contributed by atoms with Gasteiger partial charge in [-0.05, 0) is 70.9 Å². The highest BCUT2D eigenvalue weighted by Gasteiger charge is 2.16. The van der Waals surface area contributed by atoms with Crippen LogP contribution in [0, 0.1) is 12.7 Å². The summed E-state index contributed by atoms with van der Waals surface area (Å²) in [6.07, 6.45) is 1.36. The molecule has 2 N–H and O–H groups in total. The van der Waals surface area contributed by atoms with Crippen molar-refractivity contribution in [1.29, 1.82) is 0 Å². The second kappa shape index (κ2) is 11.0. The zero-order valence-corrected chi connectivity index (χ0v) is 20.0.